The van der Waals surface area contributed by atoms with Crippen LogP contribution in [0.15, 0.2) is 53.4 Å². The molecule has 3 rings (SSSR count). The molecule has 0 saturated carbocycles. The lowest BCUT2D eigenvalue weighted by Gasteiger charge is -2.14. The molecule has 0 aromatic heterocycles. The van der Waals surface area contributed by atoms with Gasteiger partial charge in [-0.2, -0.15) is 0 Å². The van der Waals surface area contributed by atoms with E-state index >= 15 is 0 Å². The van der Waals surface area contributed by atoms with Gasteiger partial charge in [0.25, 0.3) is 5.91 Å². The van der Waals surface area contributed by atoms with Gasteiger partial charge in [-0.15, -0.1) is 0 Å². The van der Waals surface area contributed by atoms with E-state index in [1.165, 1.54) is 40.9 Å². The minimum Gasteiger partial charge on any atom is -0.545 e. The number of rotatable bonds is 7. The summed E-state index contributed by atoms with van der Waals surface area (Å²) in [5.41, 5.74) is 2.62. The van der Waals surface area contributed by atoms with E-state index in [1.54, 1.807) is 0 Å². The fourth-order valence-electron chi connectivity index (χ4n) is 2.82. The lowest BCUT2D eigenvalue weighted by atomic mass is 10.1. The zero-order valence-electron chi connectivity index (χ0n) is 16.2. The molecule has 0 unspecified atom stereocenters. The second-order valence-corrected chi connectivity index (χ2v) is 8.44. The van der Waals surface area contributed by atoms with Crippen molar-refractivity contribution in [3.8, 4) is 0 Å². The Hall–Kier alpha value is -2.97. The number of carboxylic acids is 1. The van der Waals surface area contributed by atoms with E-state index < -0.39 is 5.97 Å². The van der Waals surface area contributed by atoms with Gasteiger partial charge in [-0.25, -0.2) is 0 Å². The van der Waals surface area contributed by atoms with Crippen LogP contribution in [0.2, 0.25) is 0 Å². The fraction of sp³-hybridized carbons (Fsp3) is 0.182. The summed E-state index contributed by atoms with van der Waals surface area (Å²) in [6.45, 7) is 2.36. The van der Waals surface area contributed by atoms with E-state index in [4.69, 9.17) is 12.2 Å². The summed E-state index contributed by atoms with van der Waals surface area (Å²) in [4.78, 5) is 37.6. The quantitative estimate of drug-likeness (QED) is 0.527. The first-order valence-corrected chi connectivity index (χ1v) is 10.5. The van der Waals surface area contributed by atoms with Crippen molar-refractivity contribution in [3.05, 3.63) is 70.1 Å². The number of amides is 2. The second-order valence-electron chi connectivity index (χ2n) is 6.76. The number of carbonyl (C=O) groups excluding carboxylic acids is 3. The number of nitrogens with zero attached hydrogens (tertiary/aromatic N) is 1. The van der Waals surface area contributed by atoms with Gasteiger partial charge in [0.05, 0.1) is 10.9 Å². The molecule has 0 bridgehead atoms. The number of hydrogen-bond donors (Lipinski definition) is 1. The van der Waals surface area contributed by atoms with Crippen molar-refractivity contribution in [3.63, 3.8) is 0 Å². The van der Waals surface area contributed by atoms with Crippen molar-refractivity contribution >= 4 is 57.8 Å². The van der Waals surface area contributed by atoms with Crippen molar-refractivity contribution in [2.45, 2.75) is 19.8 Å². The van der Waals surface area contributed by atoms with Crippen LogP contribution < -0.4 is 10.4 Å². The van der Waals surface area contributed by atoms with Gasteiger partial charge in [0.2, 0.25) is 5.91 Å². The molecule has 6 nitrogen and oxygen atoms in total. The van der Waals surface area contributed by atoms with Crippen LogP contribution in [-0.2, 0) is 9.59 Å². The Bertz CT molecular complexity index is 1010. The third-order valence-electron chi connectivity index (χ3n) is 4.44. The zero-order chi connectivity index (χ0) is 21.7. The van der Waals surface area contributed by atoms with Crippen LogP contribution in [-0.4, -0.2) is 33.5 Å². The van der Waals surface area contributed by atoms with Gasteiger partial charge in [0, 0.05) is 18.7 Å². The van der Waals surface area contributed by atoms with E-state index in [0.717, 1.165) is 11.1 Å². The van der Waals surface area contributed by atoms with Crippen molar-refractivity contribution in [1.82, 2.24) is 4.90 Å². The Labute approximate surface area is 184 Å². The Morgan fingerprint density at radius 3 is 2.43 bits per heavy atom. The number of thiocarbonyl (C=S) groups is 1. The molecule has 1 fully saturated rings. The largest absolute Gasteiger partial charge is 0.545 e. The standard InChI is InChI=1S/C22H20N2O4S2/c1-14-4-6-15(7-5-14)13-18-20(26)24(22(29)30-18)12-2-3-19(25)23-17-10-8-16(9-11-17)21(27)28/h4-11,13H,2-3,12H2,1H3,(H,23,25)(H,27,28)/p-1/b18-13+. The van der Waals surface area contributed by atoms with E-state index in [2.05, 4.69) is 5.32 Å². The molecule has 2 aromatic carbocycles. The predicted molar refractivity (Wildman–Crippen MR) is 120 cm³/mol. The van der Waals surface area contributed by atoms with E-state index in [-0.39, 0.29) is 23.8 Å². The highest BCUT2D eigenvalue weighted by Crippen LogP contribution is 2.32. The first-order valence-electron chi connectivity index (χ1n) is 9.27. The van der Waals surface area contributed by atoms with Crippen LogP contribution >= 0.6 is 24.0 Å². The maximum absolute atomic E-state index is 12.6. The lowest BCUT2D eigenvalue weighted by Crippen LogP contribution is -2.29. The smallest absolute Gasteiger partial charge is 0.266 e. The number of carbonyl (C=O) groups is 3. The van der Waals surface area contributed by atoms with Crippen molar-refractivity contribution < 1.29 is 19.5 Å². The highest BCUT2D eigenvalue weighted by Gasteiger charge is 2.31. The summed E-state index contributed by atoms with van der Waals surface area (Å²) in [5.74, 6) is -1.64. The van der Waals surface area contributed by atoms with Crippen molar-refractivity contribution in [2.75, 3.05) is 11.9 Å². The molecule has 1 aliphatic heterocycles. The summed E-state index contributed by atoms with van der Waals surface area (Å²) in [5, 5.41) is 13.4. The van der Waals surface area contributed by atoms with Crippen LogP contribution in [0.3, 0.4) is 0 Å². The molecular weight excluding hydrogens is 420 g/mol. The minimum atomic E-state index is -1.27. The minimum absolute atomic E-state index is 0.0426. The Morgan fingerprint density at radius 1 is 1.13 bits per heavy atom. The number of nitrogens with one attached hydrogen (secondary N) is 1. The van der Waals surface area contributed by atoms with Crippen LogP contribution in [0.5, 0.6) is 0 Å². The summed E-state index contributed by atoms with van der Waals surface area (Å²) >= 11 is 6.58. The maximum atomic E-state index is 12.6. The molecule has 1 heterocycles. The van der Waals surface area contributed by atoms with Gasteiger partial charge in [0.1, 0.15) is 4.32 Å². The summed E-state index contributed by atoms with van der Waals surface area (Å²) in [6.07, 6.45) is 2.48. The molecule has 2 amide bonds. The van der Waals surface area contributed by atoms with E-state index in [1.807, 2.05) is 37.3 Å². The molecule has 0 spiro atoms. The molecule has 8 heteroatoms. The van der Waals surface area contributed by atoms with Crippen LogP contribution in [0.1, 0.15) is 34.3 Å². The first-order chi connectivity index (χ1) is 14.3. The summed E-state index contributed by atoms with van der Waals surface area (Å²) < 4.78 is 0.483. The van der Waals surface area contributed by atoms with E-state index in [9.17, 15) is 19.5 Å². The molecule has 1 N–H and O–H groups in total. The predicted octanol–water partition coefficient (Wildman–Crippen LogP) is 2.98. The topological polar surface area (TPSA) is 89.5 Å². The molecule has 0 aliphatic carbocycles. The fourth-order valence-corrected chi connectivity index (χ4v) is 4.13. The molecule has 2 aromatic rings. The highest BCUT2D eigenvalue weighted by molar-refractivity contribution is 8.26. The summed E-state index contributed by atoms with van der Waals surface area (Å²) in [7, 11) is 0. The number of benzene rings is 2. The van der Waals surface area contributed by atoms with Crippen molar-refractivity contribution in [2.24, 2.45) is 0 Å². The Balaban J connectivity index is 1.51. The van der Waals surface area contributed by atoms with Gasteiger partial charge < -0.3 is 15.2 Å². The zero-order valence-corrected chi connectivity index (χ0v) is 17.8. The first kappa shape index (κ1) is 21.7. The normalized spacial score (nSPS) is 15.0. The van der Waals surface area contributed by atoms with Crippen molar-refractivity contribution in [1.29, 1.82) is 0 Å². The van der Waals surface area contributed by atoms with Crippen LogP contribution in [0.4, 0.5) is 5.69 Å². The SMILES string of the molecule is Cc1ccc(/C=C2/SC(=S)N(CCCC(=O)Nc3ccc(C(=O)[O-])cc3)C2=O)cc1. The maximum Gasteiger partial charge on any atom is 0.266 e. The lowest BCUT2D eigenvalue weighted by molar-refractivity contribution is -0.255. The third kappa shape index (κ3) is 5.55. The molecule has 1 aliphatic rings. The monoisotopic (exact) mass is 439 g/mol. The second kappa shape index (κ2) is 9.69. The number of carboxylic acid groups (broad SMARTS) is 1. The molecule has 0 atom stereocenters. The summed E-state index contributed by atoms with van der Waals surface area (Å²) in [6, 6.07) is 13.6. The van der Waals surface area contributed by atoms with Gasteiger partial charge in [0.15, 0.2) is 0 Å². The average Bonchev–Trinajstić information content (AvgIpc) is 2.97. The van der Waals surface area contributed by atoms with E-state index in [0.29, 0.717) is 27.9 Å². The number of aromatic carboxylic acids is 1. The van der Waals surface area contributed by atoms with Gasteiger partial charge in [-0.3, -0.25) is 14.5 Å². The highest BCUT2D eigenvalue weighted by atomic mass is 32.2. The molecule has 1 saturated heterocycles. The number of aryl methyl sites for hydroxylation is 1. The molecule has 0 radical (unpaired) electrons. The third-order valence-corrected chi connectivity index (χ3v) is 5.82. The molecule has 30 heavy (non-hydrogen) atoms. The van der Waals surface area contributed by atoms with Gasteiger partial charge in [-0.1, -0.05) is 65.9 Å². The Kier molecular flexibility index (Phi) is 7.02. The average molecular weight is 440 g/mol. The van der Waals surface area contributed by atoms with Crippen LogP contribution in [0, 0.1) is 6.92 Å². The molecular formula is C22H19N2O4S2-. The number of thioether (sulfide) groups is 1. The Morgan fingerprint density at radius 2 is 1.80 bits per heavy atom. The van der Waals surface area contributed by atoms with Gasteiger partial charge >= 0.3 is 0 Å². The number of hydrogen-bond acceptors (Lipinski definition) is 6. The number of anilines is 1. The molecule has 154 valence electrons. The van der Waals surface area contributed by atoms with Gasteiger partial charge in [-0.05, 0) is 42.7 Å². The van der Waals surface area contributed by atoms with Crippen LogP contribution in [0.25, 0.3) is 6.08 Å².